The minimum atomic E-state index is 0.131. The molecule has 1 saturated carbocycles. The van der Waals surface area contributed by atoms with E-state index in [-0.39, 0.29) is 18.1 Å². The van der Waals surface area contributed by atoms with Crippen LogP contribution in [0.25, 0.3) is 0 Å². The summed E-state index contributed by atoms with van der Waals surface area (Å²) < 4.78 is 7.73. The first-order chi connectivity index (χ1) is 9.22. The molecule has 2 bridgehead atoms. The highest BCUT2D eigenvalue weighted by Crippen LogP contribution is 2.40. The molecule has 4 heteroatoms. The van der Waals surface area contributed by atoms with Gasteiger partial charge in [-0.2, -0.15) is 0 Å². The maximum Gasteiger partial charge on any atom is 0.270 e. The van der Waals surface area contributed by atoms with E-state index in [1.54, 1.807) is 6.08 Å². The highest BCUT2D eigenvalue weighted by atomic mass is 16.5. The number of carbonyl (C=O) groups is 1. The maximum absolute atomic E-state index is 12.6. The van der Waals surface area contributed by atoms with Crippen molar-refractivity contribution in [3.63, 3.8) is 0 Å². The number of carbonyl (C=O) groups excluding carboxylic acids is 1. The van der Waals surface area contributed by atoms with Crippen LogP contribution in [0.5, 0.6) is 0 Å². The van der Waals surface area contributed by atoms with Gasteiger partial charge in [-0.1, -0.05) is 6.08 Å². The summed E-state index contributed by atoms with van der Waals surface area (Å²) >= 11 is 0. The second kappa shape index (κ2) is 4.85. The molecule has 1 saturated heterocycles. The topological polar surface area (TPSA) is 34.5 Å². The van der Waals surface area contributed by atoms with E-state index in [0.29, 0.717) is 12.5 Å². The van der Waals surface area contributed by atoms with Crippen molar-refractivity contribution in [3.8, 4) is 0 Å². The number of fused-ring (bicyclic) bond motifs is 2. The molecule has 1 aromatic heterocycles. The number of aryl methyl sites for hydroxylation is 1. The van der Waals surface area contributed by atoms with Crippen LogP contribution in [0.2, 0.25) is 0 Å². The predicted molar refractivity (Wildman–Crippen MR) is 72.9 cm³/mol. The van der Waals surface area contributed by atoms with Crippen LogP contribution < -0.4 is 0 Å². The number of piperidine rings is 1. The molecule has 0 N–H and O–H groups in total. The number of ether oxygens (including phenoxy) is 1. The molecule has 1 aliphatic heterocycles. The van der Waals surface area contributed by atoms with Crippen LogP contribution in [0.4, 0.5) is 0 Å². The minimum Gasteiger partial charge on any atom is -0.372 e. The zero-order valence-electron chi connectivity index (χ0n) is 11.3. The number of likely N-dealkylation sites (tertiary alicyclic amines) is 1. The van der Waals surface area contributed by atoms with E-state index in [0.717, 1.165) is 18.7 Å². The highest BCUT2D eigenvalue weighted by molar-refractivity contribution is 5.93. The Hall–Kier alpha value is -1.55. The van der Waals surface area contributed by atoms with Crippen LogP contribution >= 0.6 is 0 Å². The summed E-state index contributed by atoms with van der Waals surface area (Å²) in [4.78, 5) is 14.6. The Bertz CT molecular complexity index is 494. The molecule has 2 fully saturated rings. The lowest BCUT2D eigenvalue weighted by Gasteiger charge is -2.27. The zero-order valence-corrected chi connectivity index (χ0v) is 11.3. The van der Waals surface area contributed by atoms with Gasteiger partial charge in [0, 0.05) is 25.7 Å². The summed E-state index contributed by atoms with van der Waals surface area (Å²) in [6.45, 7) is 5.09. The van der Waals surface area contributed by atoms with Crippen molar-refractivity contribution in [3.05, 3.63) is 36.7 Å². The molecule has 19 heavy (non-hydrogen) atoms. The van der Waals surface area contributed by atoms with Gasteiger partial charge in [-0.15, -0.1) is 6.58 Å². The lowest BCUT2D eigenvalue weighted by Crippen LogP contribution is -2.40. The standard InChI is InChI=1S/C15H20N2O2/c1-3-9-19-14-11-6-7-12(14)17(10-11)15(18)13-5-4-8-16(13)2/h3-5,8,11-12,14H,1,6-7,9-10H2,2H3. The number of hydrogen-bond acceptors (Lipinski definition) is 2. The van der Waals surface area contributed by atoms with Crippen LogP contribution in [0.1, 0.15) is 23.3 Å². The summed E-state index contributed by atoms with van der Waals surface area (Å²) in [5.74, 6) is 0.626. The van der Waals surface area contributed by atoms with Crippen molar-refractivity contribution in [2.45, 2.75) is 25.0 Å². The molecule has 102 valence electrons. The van der Waals surface area contributed by atoms with Crippen molar-refractivity contribution in [1.82, 2.24) is 9.47 Å². The van der Waals surface area contributed by atoms with Gasteiger partial charge in [-0.25, -0.2) is 0 Å². The Kier molecular flexibility index (Phi) is 3.19. The average Bonchev–Trinajstić information content (AvgIpc) is 3.09. The van der Waals surface area contributed by atoms with Gasteiger partial charge in [-0.3, -0.25) is 4.79 Å². The van der Waals surface area contributed by atoms with Crippen LogP contribution in [-0.2, 0) is 11.8 Å². The van der Waals surface area contributed by atoms with E-state index in [9.17, 15) is 4.79 Å². The lowest BCUT2D eigenvalue weighted by atomic mass is 10.1. The molecule has 4 nitrogen and oxygen atoms in total. The Labute approximate surface area is 113 Å². The minimum absolute atomic E-state index is 0.131. The second-order valence-corrected chi connectivity index (χ2v) is 5.45. The number of hydrogen-bond donors (Lipinski definition) is 0. The SMILES string of the molecule is C=CCOC1C2CCC1N(C(=O)c1cccn1C)C2. The lowest BCUT2D eigenvalue weighted by molar-refractivity contribution is 0.0405. The van der Waals surface area contributed by atoms with Gasteiger partial charge >= 0.3 is 0 Å². The van der Waals surface area contributed by atoms with Crippen LogP contribution in [0.3, 0.4) is 0 Å². The molecule has 0 radical (unpaired) electrons. The molecule has 0 spiro atoms. The summed E-state index contributed by atoms with van der Waals surface area (Å²) in [7, 11) is 1.91. The van der Waals surface area contributed by atoms with E-state index in [1.807, 2.05) is 34.8 Å². The fourth-order valence-electron chi connectivity index (χ4n) is 3.43. The molecule has 3 atom stereocenters. The van der Waals surface area contributed by atoms with Crippen molar-refractivity contribution >= 4 is 5.91 Å². The third-order valence-corrected chi connectivity index (χ3v) is 4.34. The van der Waals surface area contributed by atoms with Crippen LogP contribution in [0.15, 0.2) is 31.0 Å². The van der Waals surface area contributed by atoms with E-state index >= 15 is 0 Å². The monoisotopic (exact) mass is 260 g/mol. The van der Waals surface area contributed by atoms with Crippen LogP contribution in [-0.4, -0.2) is 40.7 Å². The summed E-state index contributed by atoms with van der Waals surface area (Å²) in [5.41, 5.74) is 0.759. The van der Waals surface area contributed by atoms with Gasteiger partial charge in [0.05, 0.1) is 18.8 Å². The number of nitrogens with zero attached hydrogens (tertiary/aromatic N) is 2. The first kappa shape index (κ1) is 12.5. The third kappa shape index (κ3) is 2.00. The normalized spacial score (nSPS) is 28.9. The van der Waals surface area contributed by atoms with Crippen molar-refractivity contribution in [1.29, 1.82) is 0 Å². The Morgan fingerprint density at radius 1 is 1.58 bits per heavy atom. The summed E-state index contributed by atoms with van der Waals surface area (Å²) in [6, 6.07) is 4.04. The Balaban J connectivity index is 1.75. The number of rotatable bonds is 4. The van der Waals surface area contributed by atoms with Gasteiger partial charge in [0.15, 0.2) is 0 Å². The second-order valence-electron chi connectivity index (χ2n) is 5.45. The Morgan fingerprint density at radius 2 is 2.42 bits per heavy atom. The fraction of sp³-hybridized carbons (Fsp3) is 0.533. The van der Waals surface area contributed by atoms with Gasteiger partial charge < -0.3 is 14.2 Å². The fourth-order valence-corrected chi connectivity index (χ4v) is 3.43. The first-order valence-electron chi connectivity index (χ1n) is 6.87. The quantitative estimate of drug-likeness (QED) is 0.774. The van der Waals surface area contributed by atoms with E-state index in [2.05, 4.69) is 6.58 Å². The average molecular weight is 260 g/mol. The summed E-state index contributed by atoms with van der Waals surface area (Å²) in [6.07, 6.45) is 6.11. The van der Waals surface area contributed by atoms with E-state index in [4.69, 9.17) is 4.74 Å². The predicted octanol–water partition coefficient (Wildman–Crippen LogP) is 1.83. The van der Waals surface area contributed by atoms with Crippen molar-refractivity contribution in [2.24, 2.45) is 13.0 Å². The molecular weight excluding hydrogens is 240 g/mol. The molecular formula is C15H20N2O2. The molecule has 1 amide bonds. The zero-order chi connectivity index (χ0) is 13.4. The third-order valence-electron chi connectivity index (χ3n) is 4.34. The number of aromatic nitrogens is 1. The van der Waals surface area contributed by atoms with Crippen LogP contribution in [0, 0.1) is 5.92 Å². The van der Waals surface area contributed by atoms with Gasteiger partial charge in [0.25, 0.3) is 5.91 Å². The van der Waals surface area contributed by atoms with E-state index < -0.39 is 0 Å². The molecule has 2 heterocycles. The van der Waals surface area contributed by atoms with Gasteiger partial charge in [0.1, 0.15) is 5.69 Å². The smallest absolute Gasteiger partial charge is 0.270 e. The molecule has 1 aliphatic carbocycles. The maximum atomic E-state index is 12.6. The molecule has 0 aromatic carbocycles. The summed E-state index contributed by atoms with van der Waals surface area (Å²) in [5, 5.41) is 0. The van der Waals surface area contributed by atoms with Gasteiger partial charge in [0.2, 0.25) is 0 Å². The molecule has 2 aliphatic rings. The molecule has 3 rings (SSSR count). The van der Waals surface area contributed by atoms with Crippen molar-refractivity contribution < 1.29 is 9.53 Å². The highest BCUT2D eigenvalue weighted by Gasteiger charge is 2.49. The van der Waals surface area contributed by atoms with Gasteiger partial charge in [-0.05, 0) is 25.0 Å². The Morgan fingerprint density at radius 3 is 3.11 bits per heavy atom. The van der Waals surface area contributed by atoms with E-state index in [1.165, 1.54) is 6.42 Å². The largest absolute Gasteiger partial charge is 0.372 e. The van der Waals surface area contributed by atoms with Crippen molar-refractivity contribution in [2.75, 3.05) is 13.2 Å². The molecule has 1 aromatic rings. The number of amides is 1. The molecule has 3 unspecified atom stereocenters. The first-order valence-corrected chi connectivity index (χ1v) is 6.87.